The first-order valence-electron chi connectivity index (χ1n) is 8.08. The minimum atomic E-state index is -0.287. The van der Waals surface area contributed by atoms with Gasteiger partial charge in [-0.05, 0) is 18.4 Å². The third kappa shape index (κ3) is 3.75. The van der Waals surface area contributed by atoms with Gasteiger partial charge in [0.25, 0.3) is 0 Å². The number of rotatable bonds is 5. The van der Waals surface area contributed by atoms with E-state index in [-0.39, 0.29) is 11.2 Å². The van der Waals surface area contributed by atoms with Crippen LogP contribution in [0.2, 0.25) is 0 Å². The molecule has 1 aliphatic heterocycles. The van der Waals surface area contributed by atoms with Crippen molar-refractivity contribution < 1.29 is 4.79 Å². The first-order chi connectivity index (χ1) is 11.1. The van der Waals surface area contributed by atoms with Crippen LogP contribution in [0.25, 0.3) is 0 Å². The molecule has 1 unspecified atom stereocenters. The molecule has 23 heavy (non-hydrogen) atoms. The Morgan fingerprint density at radius 2 is 1.91 bits per heavy atom. The van der Waals surface area contributed by atoms with E-state index in [1.807, 2.05) is 35.2 Å². The molecule has 1 aliphatic rings. The summed E-state index contributed by atoms with van der Waals surface area (Å²) in [6, 6.07) is 9.91. The number of carbonyl (C=O) groups is 1. The normalized spacial score (nSPS) is 16.0. The van der Waals surface area contributed by atoms with E-state index in [0.29, 0.717) is 11.1 Å². The number of aromatic amines is 1. The van der Waals surface area contributed by atoms with E-state index in [2.05, 4.69) is 29.0 Å². The SMILES string of the molecule is CC(C)c1nc(SC(C(=O)N2CCCC2)c2ccccc2)n[nH]1. The van der Waals surface area contributed by atoms with E-state index < -0.39 is 0 Å². The summed E-state index contributed by atoms with van der Waals surface area (Å²) in [4.78, 5) is 19.4. The molecule has 1 atom stereocenters. The number of H-pyrrole nitrogens is 1. The second kappa shape index (κ2) is 7.17. The quantitative estimate of drug-likeness (QED) is 0.854. The maximum absolute atomic E-state index is 12.9. The second-order valence-electron chi connectivity index (χ2n) is 6.10. The Hall–Kier alpha value is -1.82. The van der Waals surface area contributed by atoms with Crippen molar-refractivity contribution >= 4 is 17.7 Å². The zero-order valence-electron chi connectivity index (χ0n) is 13.5. The monoisotopic (exact) mass is 330 g/mol. The van der Waals surface area contributed by atoms with Gasteiger partial charge in [-0.25, -0.2) is 4.98 Å². The average molecular weight is 330 g/mol. The van der Waals surface area contributed by atoms with E-state index in [1.54, 1.807) is 0 Å². The summed E-state index contributed by atoms with van der Waals surface area (Å²) in [5.74, 6) is 1.31. The summed E-state index contributed by atoms with van der Waals surface area (Å²) < 4.78 is 0. The molecule has 1 aromatic carbocycles. The highest BCUT2D eigenvalue weighted by Gasteiger charge is 2.29. The van der Waals surface area contributed by atoms with Crippen LogP contribution < -0.4 is 0 Å². The van der Waals surface area contributed by atoms with Gasteiger partial charge in [-0.15, -0.1) is 5.10 Å². The number of hydrogen-bond acceptors (Lipinski definition) is 4. The Kier molecular flexibility index (Phi) is 5.00. The van der Waals surface area contributed by atoms with E-state index in [0.717, 1.165) is 37.3 Å². The van der Waals surface area contributed by atoms with Crippen molar-refractivity contribution in [3.05, 3.63) is 41.7 Å². The van der Waals surface area contributed by atoms with Crippen molar-refractivity contribution in [1.29, 1.82) is 0 Å². The largest absolute Gasteiger partial charge is 0.341 e. The van der Waals surface area contributed by atoms with Crippen LogP contribution in [-0.2, 0) is 4.79 Å². The Balaban J connectivity index is 1.83. The lowest BCUT2D eigenvalue weighted by Crippen LogP contribution is -2.31. The molecule has 1 fully saturated rings. The fraction of sp³-hybridized carbons (Fsp3) is 0.471. The fourth-order valence-corrected chi connectivity index (χ4v) is 3.67. The number of nitrogens with zero attached hydrogens (tertiary/aromatic N) is 3. The molecule has 5 nitrogen and oxygen atoms in total. The molecule has 0 spiro atoms. The van der Waals surface area contributed by atoms with Crippen molar-refractivity contribution in [3.8, 4) is 0 Å². The molecule has 1 N–H and O–H groups in total. The van der Waals surface area contributed by atoms with E-state index in [4.69, 9.17) is 0 Å². The minimum absolute atomic E-state index is 0.162. The van der Waals surface area contributed by atoms with Gasteiger partial charge in [-0.3, -0.25) is 9.89 Å². The van der Waals surface area contributed by atoms with Crippen molar-refractivity contribution in [1.82, 2.24) is 20.1 Å². The highest BCUT2D eigenvalue weighted by Crippen LogP contribution is 2.36. The first kappa shape index (κ1) is 16.1. The third-order valence-electron chi connectivity index (χ3n) is 4.00. The third-order valence-corrected chi connectivity index (χ3v) is 5.10. The smallest absolute Gasteiger partial charge is 0.240 e. The molecule has 2 heterocycles. The van der Waals surface area contributed by atoms with Gasteiger partial charge in [0, 0.05) is 19.0 Å². The lowest BCUT2D eigenvalue weighted by molar-refractivity contribution is -0.129. The van der Waals surface area contributed by atoms with Gasteiger partial charge >= 0.3 is 0 Å². The van der Waals surface area contributed by atoms with Crippen LogP contribution in [0, 0.1) is 0 Å². The summed E-state index contributed by atoms with van der Waals surface area (Å²) in [5.41, 5.74) is 1.00. The van der Waals surface area contributed by atoms with Gasteiger partial charge in [0.1, 0.15) is 11.1 Å². The predicted octanol–water partition coefficient (Wildman–Crippen LogP) is 3.38. The van der Waals surface area contributed by atoms with Crippen LogP contribution >= 0.6 is 11.8 Å². The first-order valence-corrected chi connectivity index (χ1v) is 8.96. The van der Waals surface area contributed by atoms with E-state index in [9.17, 15) is 4.79 Å². The zero-order chi connectivity index (χ0) is 16.2. The summed E-state index contributed by atoms with van der Waals surface area (Å²) in [7, 11) is 0. The number of amides is 1. The fourth-order valence-electron chi connectivity index (χ4n) is 2.67. The average Bonchev–Trinajstić information content (AvgIpc) is 3.24. The van der Waals surface area contributed by atoms with Crippen LogP contribution in [0.5, 0.6) is 0 Å². The molecule has 3 rings (SSSR count). The number of carbonyl (C=O) groups excluding carboxylic acids is 1. The van der Waals surface area contributed by atoms with Crippen molar-refractivity contribution in [3.63, 3.8) is 0 Å². The summed E-state index contributed by atoms with van der Waals surface area (Å²) in [5, 5.41) is 7.58. The second-order valence-corrected chi connectivity index (χ2v) is 7.17. The minimum Gasteiger partial charge on any atom is -0.341 e. The number of hydrogen-bond donors (Lipinski definition) is 1. The lowest BCUT2D eigenvalue weighted by Gasteiger charge is -2.22. The Bertz CT molecular complexity index is 650. The number of likely N-dealkylation sites (tertiary alicyclic amines) is 1. The highest BCUT2D eigenvalue weighted by atomic mass is 32.2. The maximum atomic E-state index is 12.9. The Morgan fingerprint density at radius 3 is 2.52 bits per heavy atom. The van der Waals surface area contributed by atoms with Gasteiger partial charge in [-0.2, -0.15) is 0 Å². The summed E-state index contributed by atoms with van der Waals surface area (Å²) in [6.07, 6.45) is 2.19. The molecular formula is C17H22N4OS. The van der Waals surface area contributed by atoms with E-state index >= 15 is 0 Å². The molecule has 0 bridgehead atoms. The lowest BCUT2D eigenvalue weighted by atomic mass is 10.1. The molecule has 6 heteroatoms. The van der Waals surface area contributed by atoms with Crippen LogP contribution in [0.15, 0.2) is 35.5 Å². The van der Waals surface area contributed by atoms with Crippen LogP contribution in [0.1, 0.15) is 49.2 Å². The van der Waals surface area contributed by atoms with Gasteiger partial charge in [-0.1, -0.05) is 55.9 Å². The maximum Gasteiger partial charge on any atom is 0.240 e. The van der Waals surface area contributed by atoms with Crippen LogP contribution in [0.3, 0.4) is 0 Å². The highest BCUT2D eigenvalue weighted by molar-refractivity contribution is 8.00. The van der Waals surface area contributed by atoms with Crippen LogP contribution in [-0.4, -0.2) is 39.1 Å². The van der Waals surface area contributed by atoms with Gasteiger partial charge in [0.15, 0.2) is 0 Å². The molecular weight excluding hydrogens is 308 g/mol. The van der Waals surface area contributed by atoms with Crippen molar-refractivity contribution in [2.75, 3.05) is 13.1 Å². The van der Waals surface area contributed by atoms with Gasteiger partial charge in [0.2, 0.25) is 11.1 Å². The number of thioether (sulfide) groups is 1. The number of aromatic nitrogens is 3. The Morgan fingerprint density at radius 1 is 1.22 bits per heavy atom. The zero-order valence-corrected chi connectivity index (χ0v) is 14.3. The molecule has 1 amide bonds. The number of nitrogens with one attached hydrogen (secondary N) is 1. The van der Waals surface area contributed by atoms with Crippen molar-refractivity contribution in [2.24, 2.45) is 0 Å². The Labute approximate surface area is 140 Å². The summed E-state index contributed by atoms with van der Waals surface area (Å²) in [6.45, 7) is 5.85. The summed E-state index contributed by atoms with van der Waals surface area (Å²) >= 11 is 1.43. The molecule has 1 aromatic heterocycles. The van der Waals surface area contributed by atoms with Gasteiger partial charge in [0.05, 0.1) is 0 Å². The molecule has 2 aromatic rings. The van der Waals surface area contributed by atoms with E-state index in [1.165, 1.54) is 11.8 Å². The molecule has 1 saturated heterocycles. The van der Waals surface area contributed by atoms with Gasteiger partial charge < -0.3 is 4.90 Å². The topological polar surface area (TPSA) is 61.9 Å². The number of benzene rings is 1. The molecule has 0 aliphatic carbocycles. The molecule has 0 radical (unpaired) electrons. The standard InChI is InChI=1S/C17H22N4OS/c1-12(2)15-18-17(20-19-15)23-14(13-8-4-3-5-9-13)16(22)21-10-6-7-11-21/h3-5,8-9,12,14H,6-7,10-11H2,1-2H3,(H,18,19,20). The predicted molar refractivity (Wildman–Crippen MR) is 91.3 cm³/mol. The molecule has 122 valence electrons. The van der Waals surface area contributed by atoms with Crippen LogP contribution in [0.4, 0.5) is 0 Å². The molecule has 0 saturated carbocycles. The van der Waals surface area contributed by atoms with Crippen molar-refractivity contribution in [2.45, 2.75) is 43.0 Å².